The minimum absolute atomic E-state index is 0.112. The fourth-order valence-electron chi connectivity index (χ4n) is 1.56. The lowest BCUT2D eigenvalue weighted by Gasteiger charge is -2.09. The Bertz CT molecular complexity index is 653. The predicted octanol–water partition coefficient (Wildman–Crippen LogP) is 1.13. The molecule has 8 nitrogen and oxygen atoms in total. The van der Waals surface area contributed by atoms with Gasteiger partial charge in [-0.3, -0.25) is 9.89 Å². The third kappa shape index (κ3) is 3.72. The zero-order valence-electron chi connectivity index (χ0n) is 11.1. The highest BCUT2D eigenvalue weighted by Gasteiger charge is 2.11. The number of benzene rings is 1. The van der Waals surface area contributed by atoms with E-state index in [1.54, 1.807) is 24.3 Å². The van der Waals surface area contributed by atoms with Crippen LogP contribution in [0.25, 0.3) is 0 Å². The van der Waals surface area contributed by atoms with Gasteiger partial charge in [0.05, 0.1) is 7.11 Å². The lowest BCUT2D eigenvalue weighted by molar-refractivity contribution is -0.118. The van der Waals surface area contributed by atoms with Gasteiger partial charge >= 0.3 is 5.97 Å². The molecule has 0 aliphatic carbocycles. The van der Waals surface area contributed by atoms with Crippen molar-refractivity contribution in [1.82, 2.24) is 10.2 Å². The van der Waals surface area contributed by atoms with Crippen LogP contribution < -0.4 is 14.8 Å². The molecule has 0 fully saturated rings. The number of anilines is 1. The molecule has 8 heteroatoms. The van der Waals surface area contributed by atoms with Crippen LogP contribution >= 0.6 is 0 Å². The number of H-pyrrole nitrogens is 1. The van der Waals surface area contributed by atoms with Gasteiger partial charge in [0.2, 0.25) is 0 Å². The number of aromatic nitrogens is 2. The first kappa shape index (κ1) is 14.4. The van der Waals surface area contributed by atoms with Crippen LogP contribution in [0.3, 0.4) is 0 Å². The summed E-state index contributed by atoms with van der Waals surface area (Å²) in [5, 5.41) is 17.1. The number of rotatable bonds is 6. The van der Waals surface area contributed by atoms with E-state index in [4.69, 9.17) is 14.6 Å². The molecule has 1 heterocycles. The van der Waals surface area contributed by atoms with Crippen LogP contribution in [0.2, 0.25) is 0 Å². The number of methoxy groups -OCH3 is 1. The van der Waals surface area contributed by atoms with E-state index in [1.807, 2.05) is 0 Å². The maximum atomic E-state index is 11.7. The van der Waals surface area contributed by atoms with Crippen molar-refractivity contribution in [2.45, 2.75) is 0 Å². The van der Waals surface area contributed by atoms with Crippen LogP contribution in [0.4, 0.5) is 5.82 Å². The maximum absolute atomic E-state index is 11.7. The number of amides is 1. The number of aromatic amines is 1. The second kappa shape index (κ2) is 6.42. The van der Waals surface area contributed by atoms with Crippen LogP contribution in [0.5, 0.6) is 11.5 Å². The molecule has 0 spiro atoms. The van der Waals surface area contributed by atoms with Gasteiger partial charge in [-0.05, 0) is 12.1 Å². The molecule has 21 heavy (non-hydrogen) atoms. The second-order valence-electron chi connectivity index (χ2n) is 3.96. The van der Waals surface area contributed by atoms with E-state index >= 15 is 0 Å². The van der Waals surface area contributed by atoms with Gasteiger partial charge in [-0.25, -0.2) is 4.79 Å². The number of carbonyl (C=O) groups is 2. The molecule has 0 aliphatic heterocycles. The molecule has 0 saturated carbocycles. The van der Waals surface area contributed by atoms with E-state index in [9.17, 15) is 9.59 Å². The SMILES string of the molecule is COc1ccccc1OCC(=O)Nc1cc(C(=O)O)[nH]n1. The molecule has 110 valence electrons. The highest BCUT2D eigenvalue weighted by molar-refractivity contribution is 5.93. The fourth-order valence-corrected chi connectivity index (χ4v) is 1.56. The Morgan fingerprint density at radius 3 is 2.67 bits per heavy atom. The zero-order valence-corrected chi connectivity index (χ0v) is 11.1. The number of aromatic carboxylic acids is 1. The molecule has 2 aromatic rings. The smallest absolute Gasteiger partial charge is 0.353 e. The third-order valence-corrected chi connectivity index (χ3v) is 2.50. The number of nitrogens with zero attached hydrogens (tertiary/aromatic N) is 1. The molecule has 0 bridgehead atoms. The molecule has 0 radical (unpaired) electrons. The number of carbonyl (C=O) groups excluding carboxylic acids is 1. The number of hydrogen-bond acceptors (Lipinski definition) is 5. The highest BCUT2D eigenvalue weighted by atomic mass is 16.5. The number of nitrogens with one attached hydrogen (secondary N) is 2. The number of ether oxygens (including phenoxy) is 2. The molecule has 3 N–H and O–H groups in total. The van der Waals surface area contributed by atoms with Gasteiger partial charge in [-0.15, -0.1) is 0 Å². The van der Waals surface area contributed by atoms with Crippen LogP contribution in [0.1, 0.15) is 10.5 Å². The summed E-state index contributed by atoms with van der Waals surface area (Å²) in [6.07, 6.45) is 0. The quantitative estimate of drug-likeness (QED) is 0.735. The highest BCUT2D eigenvalue weighted by Crippen LogP contribution is 2.25. The minimum atomic E-state index is -1.16. The van der Waals surface area contributed by atoms with E-state index in [0.29, 0.717) is 11.5 Å². The second-order valence-corrected chi connectivity index (χ2v) is 3.96. The fraction of sp³-hybridized carbons (Fsp3) is 0.154. The Kier molecular flexibility index (Phi) is 4.39. The van der Waals surface area contributed by atoms with Gasteiger partial charge in [-0.2, -0.15) is 5.10 Å². The molecule has 1 amide bonds. The van der Waals surface area contributed by atoms with Crippen molar-refractivity contribution < 1.29 is 24.2 Å². The van der Waals surface area contributed by atoms with Crippen molar-refractivity contribution in [2.24, 2.45) is 0 Å². The topological polar surface area (TPSA) is 114 Å². The number of carboxylic acid groups (broad SMARTS) is 1. The summed E-state index contributed by atoms with van der Waals surface area (Å²) in [5.74, 6) is -0.569. The maximum Gasteiger partial charge on any atom is 0.353 e. The number of carboxylic acids is 1. The van der Waals surface area contributed by atoms with E-state index in [0.717, 1.165) is 0 Å². The predicted molar refractivity (Wildman–Crippen MR) is 72.7 cm³/mol. The third-order valence-electron chi connectivity index (χ3n) is 2.50. The Balaban J connectivity index is 1.91. The van der Waals surface area contributed by atoms with Crippen molar-refractivity contribution in [2.75, 3.05) is 19.0 Å². The van der Waals surface area contributed by atoms with E-state index < -0.39 is 11.9 Å². The first-order valence-electron chi connectivity index (χ1n) is 5.94. The average molecular weight is 291 g/mol. The molecular formula is C13H13N3O5. The summed E-state index contributed by atoms with van der Waals surface area (Å²) in [5.41, 5.74) is -0.115. The first-order chi connectivity index (χ1) is 10.1. The van der Waals surface area contributed by atoms with Crippen molar-refractivity contribution in [3.05, 3.63) is 36.0 Å². The molecule has 2 rings (SSSR count). The van der Waals surface area contributed by atoms with Crippen LogP contribution in [-0.4, -0.2) is 40.9 Å². The van der Waals surface area contributed by atoms with E-state index in [1.165, 1.54) is 13.2 Å². The molecule has 0 unspecified atom stereocenters. The average Bonchev–Trinajstić information content (AvgIpc) is 2.94. The number of para-hydroxylation sites is 2. The largest absolute Gasteiger partial charge is 0.493 e. The summed E-state index contributed by atoms with van der Waals surface area (Å²) in [6, 6.07) is 8.12. The minimum Gasteiger partial charge on any atom is -0.493 e. The Hall–Kier alpha value is -3.03. The Morgan fingerprint density at radius 2 is 2.05 bits per heavy atom. The monoisotopic (exact) mass is 291 g/mol. The van der Waals surface area contributed by atoms with Crippen molar-refractivity contribution in [1.29, 1.82) is 0 Å². The van der Waals surface area contributed by atoms with E-state index in [2.05, 4.69) is 15.5 Å². The zero-order chi connectivity index (χ0) is 15.2. The molecule has 0 atom stereocenters. The number of hydrogen-bond donors (Lipinski definition) is 3. The lowest BCUT2D eigenvalue weighted by Crippen LogP contribution is -2.20. The van der Waals surface area contributed by atoms with E-state index in [-0.39, 0.29) is 18.1 Å². The molecule has 0 saturated heterocycles. The van der Waals surface area contributed by atoms with Gasteiger partial charge < -0.3 is 19.9 Å². The summed E-state index contributed by atoms with van der Waals surface area (Å²) in [6.45, 7) is -0.254. The van der Waals surface area contributed by atoms with Crippen molar-refractivity contribution >= 4 is 17.7 Å². The van der Waals surface area contributed by atoms with Crippen molar-refractivity contribution in [3.8, 4) is 11.5 Å². The molecule has 1 aromatic heterocycles. The molecular weight excluding hydrogens is 278 g/mol. The lowest BCUT2D eigenvalue weighted by atomic mass is 10.3. The Labute approximate surface area is 119 Å². The summed E-state index contributed by atoms with van der Waals surface area (Å²) in [7, 11) is 1.50. The van der Waals surface area contributed by atoms with Crippen molar-refractivity contribution in [3.63, 3.8) is 0 Å². The molecule has 0 aliphatic rings. The van der Waals surface area contributed by atoms with Gasteiger partial charge in [0, 0.05) is 6.07 Å². The Morgan fingerprint density at radius 1 is 1.33 bits per heavy atom. The normalized spacial score (nSPS) is 9.95. The standard InChI is InChI=1S/C13H13N3O5/c1-20-9-4-2-3-5-10(9)21-7-12(17)14-11-6-8(13(18)19)15-16-11/h2-6H,7H2,1H3,(H,18,19)(H2,14,15,16,17). The van der Waals surface area contributed by atoms with Crippen LogP contribution in [0.15, 0.2) is 30.3 Å². The summed E-state index contributed by atoms with van der Waals surface area (Å²) in [4.78, 5) is 22.3. The van der Waals surface area contributed by atoms with Gasteiger partial charge in [0.15, 0.2) is 23.9 Å². The molecule has 1 aromatic carbocycles. The van der Waals surface area contributed by atoms with Gasteiger partial charge in [-0.1, -0.05) is 12.1 Å². The first-order valence-corrected chi connectivity index (χ1v) is 5.94. The van der Waals surface area contributed by atoms with Crippen LogP contribution in [-0.2, 0) is 4.79 Å². The van der Waals surface area contributed by atoms with Gasteiger partial charge in [0.25, 0.3) is 5.91 Å². The summed E-state index contributed by atoms with van der Waals surface area (Å²) < 4.78 is 10.4. The van der Waals surface area contributed by atoms with Crippen LogP contribution in [0, 0.1) is 0 Å². The summed E-state index contributed by atoms with van der Waals surface area (Å²) >= 11 is 0. The van der Waals surface area contributed by atoms with Gasteiger partial charge in [0.1, 0.15) is 5.69 Å².